The minimum Gasteiger partial charge on any atom is -0.305 e. The van der Waals surface area contributed by atoms with E-state index in [4.69, 9.17) is 0 Å². The van der Waals surface area contributed by atoms with Crippen molar-refractivity contribution in [3.05, 3.63) is 59.4 Å². The summed E-state index contributed by atoms with van der Waals surface area (Å²) in [5.74, 6) is -0.146. The Labute approximate surface area is 108 Å². The van der Waals surface area contributed by atoms with Gasteiger partial charge in [-0.05, 0) is 49.3 Å². The second-order valence-corrected chi connectivity index (χ2v) is 4.86. The molecule has 0 saturated carbocycles. The molecule has 18 heavy (non-hydrogen) atoms. The van der Waals surface area contributed by atoms with Crippen LogP contribution in [-0.2, 0) is 6.54 Å². The van der Waals surface area contributed by atoms with Gasteiger partial charge in [-0.3, -0.25) is 0 Å². The average molecular weight is 243 g/mol. The van der Waals surface area contributed by atoms with Gasteiger partial charge in [0.05, 0.1) is 0 Å². The van der Waals surface area contributed by atoms with Gasteiger partial charge in [0.15, 0.2) is 0 Å². The summed E-state index contributed by atoms with van der Waals surface area (Å²) in [5, 5.41) is 0. The van der Waals surface area contributed by atoms with E-state index in [1.807, 2.05) is 44.4 Å². The van der Waals surface area contributed by atoms with E-state index in [1.54, 1.807) is 13.0 Å². The zero-order valence-electron chi connectivity index (χ0n) is 11.1. The van der Waals surface area contributed by atoms with Crippen molar-refractivity contribution in [2.24, 2.45) is 0 Å². The number of rotatable bonds is 3. The molecule has 0 amide bonds. The molecule has 1 nitrogen and oxygen atoms in total. The highest BCUT2D eigenvalue weighted by Gasteiger charge is 2.07. The van der Waals surface area contributed by atoms with Gasteiger partial charge >= 0.3 is 0 Å². The fourth-order valence-corrected chi connectivity index (χ4v) is 2.04. The number of nitrogens with zero attached hydrogens (tertiary/aromatic N) is 1. The number of benzene rings is 2. The highest BCUT2D eigenvalue weighted by Crippen LogP contribution is 2.26. The quantitative estimate of drug-likeness (QED) is 0.791. The van der Waals surface area contributed by atoms with Crippen molar-refractivity contribution in [1.29, 1.82) is 0 Å². The van der Waals surface area contributed by atoms with Gasteiger partial charge in [0, 0.05) is 6.54 Å². The predicted molar refractivity (Wildman–Crippen MR) is 74.0 cm³/mol. The molecule has 0 aliphatic heterocycles. The molecule has 2 aromatic rings. The van der Waals surface area contributed by atoms with Crippen molar-refractivity contribution in [2.75, 3.05) is 14.1 Å². The van der Waals surface area contributed by atoms with E-state index in [0.717, 1.165) is 17.7 Å². The van der Waals surface area contributed by atoms with Gasteiger partial charge in [0.2, 0.25) is 0 Å². The van der Waals surface area contributed by atoms with Crippen molar-refractivity contribution in [3.63, 3.8) is 0 Å². The van der Waals surface area contributed by atoms with Crippen molar-refractivity contribution in [1.82, 2.24) is 4.90 Å². The van der Waals surface area contributed by atoms with Crippen molar-refractivity contribution in [3.8, 4) is 11.1 Å². The summed E-state index contributed by atoms with van der Waals surface area (Å²) < 4.78 is 13.6. The highest BCUT2D eigenvalue weighted by atomic mass is 19.1. The van der Waals surface area contributed by atoms with Crippen LogP contribution in [0.15, 0.2) is 42.5 Å². The smallest absolute Gasteiger partial charge is 0.126 e. The van der Waals surface area contributed by atoms with Gasteiger partial charge in [-0.25, -0.2) is 4.39 Å². The van der Waals surface area contributed by atoms with Crippen LogP contribution < -0.4 is 0 Å². The number of hydrogen-bond acceptors (Lipinski definition) is 1. The first-order valence-electron chi connectivity index (χ1n) is 6.07. The Hall–Kier alpha value is -1.67. The Morgan fingerprint density at radius 1 is 1.06 bits per heavy atom. The molecule has 0 bridgehead atoms. The summed E-state index contributed by atoms with van der Waals surface area (Å²) in [6.45, 7) is 2.64. The molecule has 2 aromatic carbocycles. The first-order valence-corrected chi connectivity index (χ1v) is 6.07. The predicted octanol–water partition coefficient (Wildman–Crippen LogP) is 3.86. The van der Waals surface area contributed by atoms with E-state index in [-0.39, 0.29) is 5.82 Å². The van der Waals surface area contributed by atoms with Crippen LogP contribution in [0.3, 0.4) is 0 Å². The van der Waals surface area contributed by atoms with Crippen LogP contribution in [0.4, 0.5) is 4.39 Å². The van der Waals surface area contributed by atoms with Gasteiger partial charge in [-0.2, -0.15) is 0 Å². The van der Waals surface area contributed by atoms with E-state index in [2.05, 4.69) is 11.0 Å². The van der Waals surface area contributed by atoms with Crippen LogP contribution >= 0.6 is 0 Å². The molecular formula is C16H18FN. The Morgan fingerprint density at radius 2 is 1.78 bits per heavy atom. The first-order chi connectivity index (χ1) is 8.58. The molecule has 0 aliphatic carbocycles. The molecule has 0 heterocycles. The summed E-state index contributed by atoms with van der Waals surface area (Å²) >= 11 is 0. The monoisotopic (exact) mass is 243 g/mol. The SMILES string of the molecule is Cc1ccc(-c2ccccc2CN(C)C)cc1F. The zero-order valence-corrected chi connectivity index (χ0v) is 11.1. The Kier molecular flexibility index (Phi) is 3.78. The first kappa shape index (κ1) is 12.8. The lowest BCUT2D eigenvalue weighted by Gasteiger charge is -2.14. The summed E-state index contributed by atoms with van der Waals surface area (Å²) in [5.41, 5.74) is 3.94. The van der Waals surface area contributed by atoms with Crippen molar-refractivity contribution >= 4 is 0 Å². The molecule has 2 heteroatoms. The maximum Gasteiger partial charge on any atom is 0.126 e. The van der Waals surface area contributed by atoms with Crippen LogP contribution in [0.25, 0.3) is 11.1 Å². The number of aryl methyl sites for hydroxylation is 1. The number of hydrogen-bond donors (Lipinski definition) is 0. The zero-order chi connectivity index (χ0) is 13.1. The molecule has 0 unspecified atom stereocenters. The lowest BCUT2D eigenvalue weighted by atomic mass is 9.98. The lowest BCUT2D eigenvalue weighted by Crippen LogP contribution is -2.11. The third-order valence-electron chi connectivity index (χ3n) is 2.99. The molecule has 0 radical (unpaired) electrons. The second-order valence-electron chi connectivity index (χ2n) is 4.86. The molecular weight excluding hydrogens is 225 g/mol. The van der Waals surface area contributed by atoms with Gasteiger partial charge in [0.25, 0.3) is 0 Å². The third-order valence-corrected chi connectivity index (χ3v) is 2.99. The third kappa shape index (κ3) is 2.77. The van der Waals surface area contributed by atoms with Crippen LogP contribution in [-0.4, -0.2) is 19.0 Å². The molecule has 0 aliphatic rings. The molecule has 94 valence electrons. The van der Waals surface area contributed by atoms with Crippen LogP contribution in [0, 0.1) is 12.7 Å². The minimum atomic E-state index is -0.146. The van der Waals surface area contributed by atoms with Gasteiger partial charge in [-0.1, -0.05) is 36.4 Å². The molecule has 0 spiro atoms. The van der Waals surface area contributed by atoms with E-state index in [1.165, 1.54) is 5.56 Å². The molecule has 0 saturated heterocycles. The van der Waals surface area contributed by atoms with E-state index < -0.39 is 0 Å². The summed E-state index contributed by atoms with van der Waals surface area (Å²) in [6, 6.07) is 13.6. The maximum absolute atomic E-state index is 13.6. The Balaban J connectivity index is 2.46. The van der Waals surface area contributed by atoms with Crippen molar-refractivity contribution < 1.29 is 4.39 Å². The van der Waals surface area contributed by atoms with Crippen LogP contribution in [0.2, 0.25) is 0 Å². The Morgan fingerprint density at radius 3 is 2.44 bits per heavy atom. The average Bonchev–Trinajstić information content (AvgIpc) is 2.33. The summed E-state index contributed by atoms with van der Waals surface area (Å²) in [7, 11) is 4.07. The van der Waals surface area contributed by atoms with Gasteiger partial charge < -0.3 is 4.90 Å². The molecule has 0 atom stereocenters. The molecule has 0 fully saturated rings. The molecule has 0 aromatic heterocycles. The highest BCUT2D eigenvalue weighted by molar-refractivity contribution is 5.67. The topological polar surface area (TPSA) is 3.24 Å². The van der Waals surface area contributed by atoms with Gasteiger partial charge in [0.1, 0.15) is 5.82 Å². The summed E-state index contributed by atoms with van der Waals surface area (Å²) in [6.07, 6.45) is 0. The van der Waals surface area contributed by atoms with E-state index in [0.29, 0.717) is 5.56 Å². The summed E-state index contributed by atoms with van der Waals surface area (Å²) in [4.78, 5) is 2.11. The lowest BCUT2D eigenvalue weighted by molar-refractivity contribution is 0.403. The number of halogens is 1. The van der Waals surface area contributed by atoms with Crippen LogP contribution in [0.5, 0.6) is 0 Å². The Bertz CT molecular complexity index is 547. The standard InChI is InChI=1S/C16H18FN/c1-12-8-9-13(10-16(12)17)15-7-5-4-6-14(15)11-18(2)3/h4-10H,11H2,1-3H3. The van der Waals surface area contributed by atoms with Crippen molar-refractivity contribution in [2.45, 2.75) is 13.5 Å². The van der Waals surface area contributed by atoms with Gasteiger partial charge in [-0.15, -0.1) is 0 Å². The second kappa shape index (κ2) is 5.32. The minimum absolute atomic E-state index is 0.146. The molecule has 2 rings (SSSR count). The largest absolute Gasteiger partial charge is 0.305 e. The van der Waals surface area contributed by atoms with E-state index in [9.17, 15) is 4.39 Å². The fourth-order valence-electron chi connectivity index (χ4n) is 2.04. The van der Waals surface area contributed by atoms with Crippen LogP contribution in [0.1, 0.15) is 11.1 Å². The van der Waals surface area contributed by atoms with E-state index >= 15 is 0 Å². The maximum atomic E-state index is 13.6. The normalized spacial score (nSPS) is 10.9. The fraction of sp³-hybridized carbons (Fsp3) is 0.250. The molecule has 0 N–H and O–H groups in total.